The van der Waals surface area contributed by atoms with Crippen molar-refractivity contribution in [2.24, 2.45) is 0 Å². The van der Waals surface area contributed by atoms with Crippen molar-refractivity contribution in [1.82, 2.24) is 4.57 Å². The van der Waals surface area contributed by atoms with E-state index in [0.717, 1.165) is 12.1 Å². The fraction of sp³-hybridized carbons (Fsp3) is 0.267. The highest BCUT2D eigenvalue weighted by Gasteiger charge is 2.22. The summed E-state index contributed by atoms with van der Waals surface area (Å²) < 4.78 is 34.4. The van der Waals surface area contributed by atoms with E-state index >= 15 is 0 Å². The number of benzene rings is 1. The van der Waals surface area contributed by atoms with Gasteiger partial charge >= 0.3 is 6.09 Å². The molecule has 2 rings (SSSR count). The largest absolute Gasteiger partial charge is 0.443 e. The average Bonchev–Trinajstić information content (AvgIpc) is 2.74. The highest BCUT2D eigenvalue weighted by molar-refractivity contribution is 9.10. The van der Waals surface area contributed by atoms with Crippen LogP contribution in [0.15, 0.2) is 33.3 Å². The Hall–Kier alpha value is -1.21. The van der Waals surface area contributed by atoms with Gasteiger partial charge in [-0.3, -0.25) is 4.57 Å². The third kappa shape index (κ3) is 3.76. The van der Waals surface area contributed by atoms with E-state index in [1.165, 1.54) is 10.8 Å². The maximum Gasteiger partial charge on any atom is 0.419 e. The lowest BCUT2D eigenvalue weighted by molar-refractivity contribution is 0.0540. The second-order valence-corrected chi connectivity index (χ2v) is 7.35. The molecule has 2 aromatic rings. The Morgan fingerprint density at radius 2 is 1.82 bits per heavy atom. The highest BCUT2D eigenvalue weighted by Crippen LogP contribution is 2.34. The van der Waals surface area contributed by atoms with Gasteiger partial charge in [-0.1, -0.05) is 0 Å². The molecule has 0 N–H and O–H groups in total. The van der Waals surface area contributed by atoms with Crippen LogP contribution in [0, 0.1) is 11.6 Å². The molecule has 0 unspecified atom stereocenters. The lowest BCUT2D eigenvalue weighted by Crippen LogP contribution is -2.27. The Balaban J connectivity index is 2.56. The monoisotopic (exact) mass is 435 g/mol. The number of hydrogen-bond acceptors (Lipinski definition) is 2. The molecule has 0 spiro atoms. The fourth-order valence-electron chi connectivity index (χ4n) is 1.84. The summed E-state index contributed by atoms with van der Waals surface area (Å²) in [5, 5.41) is 0. The minimum Gasteiger partial charge on any atom is -0.443 e. The Kier molecular flexibility index (Phi) is 4.77. The van der Waals surface area contributed by atoms with Crippen LogP contribution < -0.4 is 0 Å². The van der Waals surface area contributed by atoms with Gasteiger partial charge in [-0.15, -0.1) is 0 Å². The van der Waals surface area contributed by atoms with Crippen molar-refractivity contribution >= 4 is 38.0 Å². The SMILES string of the molecule is CC(C)(C)OC(=O)n1cc(Br)cc1-c1cc(F)cc(F)c1Br. The van der Waals surface area contributed by atoms with E-state index in [9.17, 15) is 13.6 Å². The molecule has 3 nitrogen and oxygen atoms in total. The van der Waals surface area contributed by atoms with Crippen LogP contribution in [0.3, 0.4) is 0 Å². The summed E-state index contributed by atoms with van der Waals surface area (Å²) in [6.45, 7) is 5.21. The molecule has 0 aliphatic carbocycles. The van der Waals surface area contributed by atoms with Gasteiger partial charge in [0.2, 0.25) is 0 Å². The van der Waals surface area contributed by atoms with E-state index in [1.807, 2.05) is 0 Å². The van der Waals surface area contributed by atoms with Crippen molar-refractivity contribution in [3.8, 4) is 11.3 Å². The molecule has 0 aliphatic rings. The molecule has 0 saturated heterocycles. The van der Waals surface area contributed by atoms with Crippen LogP contribution in [0.2, 0.25) is 0 Å². The van der Waals surface area contributed by atoms with Gasteiger partial charge in [0.05, 0.1) is 10.2 Å². The smallest absolute Gasteiger partial charge is 0.419 e. The Labute approximate surface area is 143 Å². The zero-order chi connectivity index (χ0) is 16.7. The van der Waals surface area contributed by atoms with Gasteiger partial charge in [-0.2, -0.15) is 0 Å². The molecule has 0 fully saturated rings. The van der Waals surface area contributed by atoms with Crippen LogP contribution in [0.4, 0.5) is 13.6 Å². The molecule has 0 saturated carbocycles. The molecule has 0 radical (unpaired) electrons. The summed E-state index contributed by atoms with van der Waals surface area (Å²) in [6.07, 6.45) is 0.850. The van der Waals surface area contributed by atoms with Crippen molar-refractivity contribution in [2.75, 3.05) is 0 Å². The molecule has 1 aromatic heterocycles. The molecule has 0 aliphatic heterocycles. The number of aromatic nitrogens is 1. The van der Waals surface area contributed by atoms with Gasteiger partial charge in [0.1, 0.15) is 17.2 Å². The predicted molar refractivity (Wildman–Crippen MR) is 86.8 cm³/mol. The van der Waals surface area contributed by atoms with Crippen LogP contribution in [-0.2, 0) is 4.74 Å². The molecule has 22 heavy (non-hydrogen) atoms. The molecule has 1 aromatic carbocycles. The van der Waals surface area contributed by atoms with Crippen LogP contribution in [0.1, 0.15) is 20.8 Å². The Morgan fingerprint density at radius 3 is 2.41 bits per heavy atom. The summed E-state index contributed by atoms with van der Waals surface area (Å²) in [6, 6.07) is 3.50. The molecule has 0 bridgehead atoms. The summed E-state index contributed by atoms with van der Waals surface area (Å²) in [5.74, 6) is -1.48. The molecular formula is C15H13Br2F2NO2. The fourth-order valence-corrected chi connectivity index (χ4v) is 2.70. The van der Waals surface area contributed by atoms with Crippen LogP contribution >= 0.6 is 31.9 Å². The Morgan fingerprint density at radius 1 is 1.18 bits per heavy atom. The zero-order valence-corrected chi connectivity index (χ0v) is 15.3. The minimum absolute atomic E-state index is 0.0734. The maximum absolute atomic E-state index is 13.7. The van der Waals surface area contributed by atoms with E-state index in [-0.39, 0.29) is 10.0 Å². The number of hydrogen-bond donors (Lipinski definition) is 0. The van der Waals surface area contributed by atoms with Crippen molar-refractivity contribution in [2.45, 2.75) is 26.4 Å². The summed E-state index contributed by atoms with van der Waals surface area (Å²) in [7, 11) is 0. The van der Waals surface area contributed by atoms with Gasteiger partial charge in [-0.25, -0.2) is 13.6 Å². The van der Waals surface area contributed by atoms with Gasteiger partial charge in [0, 0.05) is 22.3 Å². The number of carbonyl (C=O) groups excluding carboxylic acids is 1. The molecule has 0 amide bonds. The third-order valence-corrected chi connectivity index (χ3v) is 3.89. The van der Waals surface area contributed by atoms with Crippen LogP contribution in [-0.4, -0.2) is 16.3 Å². The normalized spacial score (nSPS) is 11.6. The van der Waals surface area contributed by atoms with Gasteiger partial charge in [0.25, 0.3) is 0 Å². The van der Waals surface area contributed by atoms with Crippen molar-refractivity contribution in [3.63, 3.8) is 0 Å². The zero-order valence-electron chi connectivity index (χ0n) is 12.1. The second-order valence-electron chi connectivity index (χ2n) is 5.64. The number of nitrogens with zero attached hydrogens (tertiary/aromatic N) is 1. The predicted octanol–water partition coefficient (Wildman–Crippen LogP) is 5.74. The van der Waals surface area contributed by atoms with Crippen LogP contribution in [0.25, 0.3) is 11.3 Å². The van der Waals surface area contributed by atoms with Crippen LogP contribution in [0.5, 0.6) is 0 Å². The topological polar surface area (TPSA) is 31.2 Å². The van der Waals surface area contributed by atoms with Gasteiger partial charge in [-0.05, 0) is 64.8 Å². The standard InChI is InChI=1S/C15H13Br2F2NO2/c1-15(2,3)22-14(21)20-7-8(16)4-12(20)10-5-9(18)6-11(19)13(10)17/h4-7H,1-3H3. The molecule has 7 heteroatoms. The van der Waals surface area contributed by atoms with E-state index in [2.05, 4.69) is 31.9 Å². The van der Waals surface area contributed by atoms with E-state index in [4.69, 9.17) is 4.74 Å². The maximum atomic E-state index is 13.7. The number of carbonyl (C=O) groups is 1. The number of ether oxygens (including phenoxy) is 1. The minimum atomic E-state index is -0.747. The molecule has 0 atom stereocenters. The highest BCUT2D eigenvalue weighted by atomic mass is 79.9. The van der Waals surface area contributed by atoms with Crippen molar-refractivity contribution in [1.29, 1.82) is 0 Å². The first-order valence-corrected chi connectivity index (χ1v) is 7.93. The van der Waals surface area contributed by atoms with Gasteiger partial charge < -0.3 is 4.74 Å². The summed E-state index contributed by atoms with van der Waals surface area (Å²) in [5.41, 5.74) is -0.157. The lowest BCUT2D eigenvalue weighted by Gasteiger charge is -2.20. The summed E-state index contributed by atoms with van der Waals surface area (Å²) >= 11 is 6.34. The average molecular weight is 437 g/mol. The van der Waals surface area contributed by atoms with E-state index in [1.54, 1.807) is 26.8 Å². The lowest BCUT2D eigenvalue weighted by atomic mass is 10.1. The van der Waals surface area contributed by atoms with Crippen molar-refractivity contribution in [3.05, 3.63) is 45.0 Å². The number of rotatable bonds is 1. The number of halogens is 4. The van der Waals surface area contributed by atoms with Crippen molar-refractivity contribution < 1.29 is 18.3 Å². The Bertz CT molecular complexity index is 736. The molecule has 118 valence electrons. The first kappa shape index (κ1) is 17.1. The van der Waals surface area contributed by atoms with Gasteiger partial charge in [0.15, 0.2) is 0 Å². The second kappa shape index (κ2) is 6.12. The molecule has 1 heterocycles. The first-order valence-electron chi connectivity index (χ1n) is 6.34. The summed E-state index contributed by atoms with van der Waals surface area (Å²) in [4.78, 5) is 12.3. The first-order chi connectivity index (χ1) is 10.1. The third-order valence-electron chi connectivity index (χ3n) is 2.65. The molecular weight excluding hydrogens is 424 g/mol. The van der Waals surface area contributed by atoms with E-state index in [0.29, 0.717) is 10.2 Å². The van der Waals surface area contributed by atoms with E-state index < -0.39 is 23.3 Å². The quantitative estimate of drug-likeness (QED) is 0.533.